The van der Waals surface area contributed by atoms with Crippen molar-refractivity contribution in [1.82, 2.24) is 20.4 Å². The Bertz CT molecular complexity index is 1370. The molecule has 1 aliphatic heterocycles. The molecule has 5 rings (SSSR count). The number of anilines is 3. The second kappa shape index (κ2) is 13.6. The predicted molar refractivity (Wildman–Crippen MR) is 158 cm³/mol. The monoisotopic (exact) mass is 553 g/mol. The van der Waals surface area contributed by atoms with E-state index in [0.29, 0.717) is 29.9 Å². The molecule has 1 aromatic carbocycles. The maximum Gasteiger partial charge on any atom is 0.233 e. The summed E-state index contributed by atoms with van der Waals surface area (Å²) >= 11 is 0. The van der Waals surface area contributed by atoms with Crippen molar-refractivity contribution >= 4 is 29.3 Å². The first-order valence-electron chi connectivity index (χ1n) is 14.1. The summed E-state index contributed by atoms with van der Waals surface area (Å²) in [5.41, 5.74) is 1.97. The zero-order valence-electron chi connectivity index (χ0n) is 23.2. The maximum absolute atomic E-state index is 12.5. The van der Waals surface area contributed by atoms with Crippen LogP contribution in [0.4, 0.5) is 17.5 Å². The molecule has 0 bridgehead atoms. The van der Waals surface area contributed by atoms with E-state index in [1.807, 2.05) is 42.5 Å². The summed E-state index contributed by atoms with van der Waals surface area (Å²) < 4.78 is 6.03. The molecule has 1 atom stereocenters. The molecule has 212 valence electrons. The maximum atomic E-state index is 12.5. The molecule has 2 N–H and O–H groups in total. The SMILES string of the molecule is C[C@@H]1C=C(CC(=O)Nc2ccc(N3CCC(Oc4ccc(NC(=O)Cc5ccccc5)nn4)CC3)nn2)C=CCC1. The van der Waals surface area contributed by atoms with Crippen LogP contribution in [0.5, 0.6) is 5.88 Å². The largest absolute Gasteiger partial charge is 0.473 e. The lowest BCUT2D eigenvalue weighted by Gasteiger charge is -2.32. The van der Waals surface area contributed by atoms with Crippen molar-refractivity contribution in [3.05, 3.63) is 84.0 Å². The number of carbonyl (C=O) groups excluding carboxylic acids is 2. The van der Waals surface area contributed by atoms with Gasteiger partial charge in [-0.05, 0) is 48.1 Å². The molecule has 2 amide bonds. The molecular formula is C31H35N7O3. The lowest BCUT2D eigenvalue weighted by atomic mass is 10.0. The topological polar surface area (TPSA) is 122 Å². The molecule has 0 unspecified atom stereocenters. The molecule has 0 radical (unpaired) electrons. The average Bonchev–Trinajstić information content (AvgIpc) is 3.18. The number of piperidine rings is 1. The lowest BCUT2D eigenvalue weighted by molar-refractivity contribution is -0.116. The quantitative estimate of drug-likeness (QED) is 0.390. The van der Waals surface area contributed by atoms with Crippen LogP contribution in [0.25, 0.3) is 0 Å². The molecule has 10 heteroatoms. The Morgan fingerprint density at radius 1 is 0.854 bits per heavy atom. The van der Waals surface area contributed by atoms with Gasteiger partial charge in [0.15, 0.2) is 17.5 Å². The van der Waals surface area contributed by atoms with E-state index < -0.39 is 0 Å². The fourth-order valence-electron chi connectivity index (χ4n) is 4.94. The molecule has 1 aliphatic carbocycles. The van der Waals surface area contributed by atoms with Crippen LogP contribution in [-0.4, -0.2) is 51.4 Å². The van der Waals surface area contributed by atoms with Crippen molar-refractivity contribution in [2.45, 2.75) is 51.6 Å². The molecule has 0 saturated carbocycles. The van der Waals surface area contributed by atoms with Gasteiger partial charge >= 0.3 is 0 Å². The highest BCUT2D eigenvalue weighted by molar-refractivity contribution is 5.92. The lowest BCUT2D eigenvalue weighted by Crippen LogP contribution is -2.39. The number of hydrogen-bond acceptors (Lipinski definition) is 8. The average molecular weight is 554 g/mol. The molecule has 1 saturated heterocycles. The fraction of sp³-hybridized carbons (Fsp3) is 0.355. The molecule has 41 heavy (non-hydrogen) atoms. The van der Waals surface area contributed by atoms with Crippen molar-refractivity contribution in [2.75, 3.05) is 28.6 Å². The van der Waals surface area contributed by atoms with Crippen LogP contribution < -0.4 is 20.3 Å². The predicted octanol–water partition coefficient (Wildman–Crippen LogP) is 4.74. The first kappa shape index (κ1) is 27.9. The number of ether oxygens (including phenoxy) is 1. The van der Waals surface area contributed by atoms with Gasteiger partial charge < -0.3 is 20.3 Å². The molecule has 2 aliphatic rings. The molecular weight excluding hydrogens is 518 g/mol. The Kier molecular flexibility index (Phi) is 9.30. The number of aromatic nitrogens is 4. The molecule has 3 heterocycles. The number of rotatable bonds is 9. The number of nitrogens with one attached hydrogen (secondary N) is 2. The standard InChI is InChI=1S/C31H35N7O3/c1-22-7-5-6-10-24(19-22)21-30(40)32-26-11-13-28(36-34-26)38-17-15-25(16-18-38)41-31-14-12-27(35-37-31)33-29(39)20-23-8-3-2-4-9-23/h2-4,6,8-14,19,22,25H,5,7,15-18,20-21H2,1H3,(H,32,34,40)(H,33,35,39)/t22-/m0/s1. The number of amides is 2. The van der Waals surface area contributed by atoms with Crippen molar-refractivity contribution in [1.29, 1.82) is 0 Å². The third-order valence-electron chi connectivity index (χ3n) is 7.07. The highest BCUT2D eigenvalue weighted by Gasteiger charge is 2.22. The molecule has 10 nitrogen and oxygen atoms in total. The van der Waals surface area contributed by atoms with Gasteiger partial charge in [-0.1, -0.05) is 55.5 Å². The Hall–Kier alpha value is -4.60. The summed E-state index contributed by atoms with van der Waals surface area (Å²) in [5, 5.41) is 22.4. The van der Waals surface area contributed by atoms with Crippen molar-refractivity contribution in [3.8, 4) is 5.88 Å². The molecule has 2 aromatic heterocycles. The zero-order valence-corrected chi connectivity index (χ0v) is 23.2. The second-order valence-electron chi connectivity index (χ2n) is 10.5. The van der Waals surface area contributed by atoms with Crippen LogP contribution in [0.2, 0.25) is 0 Å². The smallest absolute Gasteiger partial charge is 0.233 e. The van der Waals surface area contributed by atoms with Gasteiger partial charge in [0.05, 0.1) is 12.8 Å². The van der Waals surface area contributed by atoms with E-state index in [4.69, 9.17) is 4.74 Å². The van der Waals surface area contributed by atoms with Gasteiger partial charge in [-0.2, -0.15) is 0 Å². The van der Waals surface area contributed by atoms with Crippen molar-refractivity contribution < 1.29 is 14.3 Å². The fourth-order valence-corrected chi connectivity index (χ4v) is 4.94. The third kappa shape index (κ3) is 8.44. The van der Waals surface area contributed by atoms with E-state index in [2.05, 4.69) is 55.0 Å². The van der Waals surface area contributed by atoms with E-state index in [1.54, 1.807) is 18.2 Å². The summed E-state index contributed by atoms with van der Waals surface area (Å²) in [4.78, 5) is 26.9. The van der Waals surface area contributed by atoms with E-state index in [0.717, 1.165) is 55.7 Å². The Morgan fingerprint density at radius 2 is 1.56 bits per heavy atom. The minimum Gasteiger partial charge on any atom is -0.473 e. The Labute approximate surface area is 239 Å². The van der Waals surface area contributed by atoms with Crippen LogP contribution in [-0.2, 0) is 16.0 Å². The van der Waals surface area contributed by atoms with Gasteiger partial charge in [0.25, 0.3) is 0 Å². The summed E-state index contributed by atoms with van der Waals surface area (Å²) in [7, 11) is 0. The summed E-state index contributed by atoms with van der Waals surface area (Å²) in [5.74, 6) is 2.25. The Morgan fingerprint density at radius 3 is 2.24 bits per heavy atom. The first-order chi connectivity index (χ1) is 20.0. The van der Waals surface area contributed by atoms with Gasteiger partial charge in [-0.3, -0.25) is 9.59 Å². The highest BCUT2D eigenvalue weighted by Crippen LogP contribution is 2.22. The summed E-state index contributed by atoms with van der Waals surface area (Å²) in [6.45, 7) is 3.68. The zero-order chi connectivity index (χ0) is 28.4. The molecule has 1 fully saturated rings. The summed E-state index contributed by atoms with van der Waals surface area (Å²) in [6.07, 6.45) is 10.7. The van der Waals surface area contributed by atoms with E-state index >= 15 is 0 Å². The normalized spacial score (nSPS) is 17.3. The number of carbonyl (C=O) groups is 2. The van der Waals surface area contributed by atoms with E-state index in [1.165, 1.54) is 0 Å². The second-order valence-corrected chi connectivity index (χ2v) is 10.5. The number of allylic oxidation sites excluding steroid dienone is 3. The minimum absolute atomic E-state index is 0.000604. The van der Waals surface area contributed by atoms with Crippen LogP contribution in [0.3, 0.4) is 0 Å². The molecule has 0 spiro atoms. The number of hydrogen-bond donors (Lipinski definition) is 2. The van der Waals surface area contributed by atoms with Gasteiger partial charge in [-0.25, -0.2) is 0 Å². The van der Waals surface area contributed by atoms with Crippen molar-refractivity contribution in [2.24, 2.45) is 5.92 Å². The number of nitrogens with zero attached hydrogens (tertiary/aromatic N) is 5. The van der Waals surface area contributed by atoms with Crippen molar-refractivity contribution in [3.63, 3.8) is 0 Å². The van der Waals surface area contributed by atoms with Gasteiger partial charge in [0.2, 0.25) is 17.7 Å². The van der Waals surface area contributed by atoms with Crippen LogP contribution in [0.1, 0.15) is 44.6 Å². The Balaban J connectivity index is 1.05. The van der Waals surface area contributed by atoms with Crippen LogP contribution in [0, 0.1) is 5.92 Å². The minimum atomic E-state index is -0.149. The number of benzene rings is 1. The highest BCUT2D eigenvalue weighted by atomic mass is 16.5. The van der Waals surface area contributed by atoms with E-state index in [9.17, 15) is 9.59 Å². The van der Waals surface area contributed by atoms with Gasteiger partial charge in [-0.15, -0.1) is 20.4 Å². The van der Waals surface area contributed by atoms with Crippen LogP contribution >= 0.6 is 0 Å². The van der Waals surface area contributed by atoms with Crippen LogP contribution in [0.15, 0.2) is 78.4 Å². The van der Waals surface area contributed by atoms with Gasteiger partial charge in [0, 0.05) is 32.0 Å². The molecule has 3 aromatic rings. The summed E-state index contributed by atoms with van der Waals surface area (Å²) in [6, 6.07) is 16.6. The van der Waals surface area contributed by atoms with E-state index in [-0.39, 0.29) is 24.3 Å². The third-order valence-corrected chi connectivity index (χ3v) is 7.07. The first-order valence-corrected chi connectivity index (χ1v) is 14.1. The van der Waals surface area contributed by atoms with Gasteiger partial charge in [0.1, 0.15) is 6.10 Å².